The highest BCUT2D eigenvalue weighted by Gasteiger charge is 2.34. The maximum Gasteiger partial charge on any atom is 0.346 e. The van der Waals surface area contributed by atoms with Crippen LogP contribution in [-0.4, -0.2) is 42.3 Å². The SMILES string of the molecule is COc1cc(/C=C2\SC(=O)N(CCOc3ccc(C)cc3)C2=O)ccc1OC(=O)c1ccccc1F. The van der Waals surface area contributed by atoms with Gasteiger partial charge in [0.15, 0.2) is 11.5 Å². The molecular formula is C27H22FNO6S. The second-order valence-electron chi connectivity index (χ2n) is 7.77. The number of hydrogen-bond acceptors (Lipinski definition) is 7. The van der Waals surface area contributed by atoms with Gasteiger partial charge in [0.1, 0.15) is 18.2 Å². The van der Waals surface area contributed by atoms with Crippen LogP contribution in [0.1, 0.15) is 21.5 Å². The fourth-order valence-electron chi connectivity index (χ4n) is 3.37. The summed E-state index contributed by atoms with van der Waals surface area (Å²) in [5.41, 5.74) is 1.45. The number of benzene rings is 3. The minimum Gasteiger partial charge on any atom is -0.493 e. The van der Waals surface area contributed by atoms with Crippen molar-refractivity contribution in [2.45, 2.75) is 6.92 Å². The first-order valence-corrected chi connectivity index (χ1v) is 11.8. The van der Waals surface area contributed by atoms with Crippen LogP contribution in [0.5, 0.6) is 17.2 Å². The molecule has 1 heterocycles. The molecule has 0 bridgehead atoms. The summed E-state index contributed by atoms with van der Waals surface area (Å²) in [4.78, 5) is 38.9. The van der Waals surface area contributed by atoms with Crippen LogP contribution in [0.2, 0.25) is 0 Å². The lowest BCUT2D eigenvalue weighted by Crippen LogP contribution is -2.32. The van der Waals surface area contributed by atoms with Crippen molar-refractivity contribution in [2.24, 2.45) is 0 Å². The summed E-state index contributed by atoms with van der Waals surface area (Å²) >= 11 is 0.827. The number of amides is 2. The van der Waals surface area contributed by atoms with Gasteiger partial charge in [-0.3, -0.25) is 14.5 Å². The topological polar surface area (TPSA) is 82.1 Å². The number of aryl methyl sites for hydroxylation is 1. The van der Waals surface area contributed by atoms with E-state index in [9.17, 15) is 18.8 Å². The summed E-state index contributed by atoms with van der Waals surface area (Å²) in [6.07, 6.45) is 1.55. The van der Waals surface area contributed by atoms with Crippen molar-refractivity contribution in [1.29, 1.82) is 0 Å². The largest absolute Gasteiger partial charge is 0.493 e. The number of methoxy groups -OCH3 is 1. The third-order valence-corrected chi connectivity index (χ3v) is 6.17. The molecule has 0 unspecified atom stereocenters. The van der Waals surface area contributed by atoms with Crippen molar-refractivity contribution in [2.75, 3.05) is 20.3 Å². The quantitative estimate of drug-likeness (QED) is 0.227. The van der Waals surface area contributed by atoms with Crippen molar-refractivity contribution in [3.63, 3.8) is 0 Å². The average molecular weight is 508 g/mol. The number of nitrogens with zero attached hydrogens (tertiary/aromatic N) is 1. The average Bonchev–Trinajstić information content (AvgIpc) is 3.13. The molecule has 1 saturated heterocycles. The normalized spacial score (nSPS) is 14.3. The third-order valence-electron chi connectivity index (χ3n) is 5.26. The smallest absolute Gasteiger partial charge is 0.346 e. The third kappa shape index (κ3) is 5.75. The molecular weight excluding hydrogens is 485 g/mol. The van der Waals surface area contributed by atoms with Crippen molar-refractivity contribution < 1.29 is 33.0 Å². The van der Waals surface area contributed by atoms with Crippen LogP contribution in [0.3, 0.4) is 0 Å². The fourth-order valence-corrected chi connectivity index (χ4v) is 4.24. The molecule has 0 aliphatic carbocycles. The predicted octanol–water partition coefficient (Wildman–Crippen LogP) is 5.48. The summed E-state index contributed by atoms with van der Waals surface area (Å²) in [6, 6.07) is 17.6. The van der Waals surface area contributed by atoms with Crippen molar-refractivity contribution in [3.8, 4) is 17.2 Å². The van der Waals surface area contributed by atoms with Gasteiger partial charge in [0.05, 0.1) is 24.1 Å². The lowest BCUT2D eigenvalue weighted by atomic mass is 10.1. The van der Waals surface area contributed by atoms with Crippen LogP contribution in [0.25, 0.3) is 6.08 Å². The van der Waals surface area contributed by atoms with Gasteiger partial charge in [-0.15, -0.1) is 0 Å². The van der Waals surface area contributed by atoms with Crippen molar-refractivity contribution >= 4 is 35.0 Å². The van der Waals surface area contributed by atoms with Gasteiger partial charge in [-0.2, -0.15) is 0 Å². The highest BCUT2D eigenvalue weighted by Crippen LogP contribution is 2.34. The molecule has 0 aromatic heterocycles. The van der Waals surface area contributed by atoms with Crippen LogP contribution < -0.4 is 14.2 Å². The molecule has 9 heteroatoms. The number of ether oxygens (including phenoxy) is 3. The molecule has 1 aliphatic rings. The lowest BCUT2D eigenvalue weighted by Gasteiger charge is -2.13. The summed E-state index contributed by atoms with van der Waals surface area (Å²) < 4.78 is 30.1. The molecule has 1 fully saturated rings. The van der Waals surface area contributed by atoms with Gasteiger partial charge in [-0.05, 0) is 66.7 Å². The van der Waals surface area contributed by atoms with Crippen molar-refractivity contribution in [3.05, 3.63) is 94.1 Å². The molecule has 3 aromatic carbocycles. The number of hydrogen-bond donors (Lipinski definition) is 0. The van der Waals surface area contributed by atoms with Crippen LogP contribution in [-0.2, 0) is 4.79 Å². The van der Waals surface area contributed by atoms with Crippen molar-refractivity contribution in [1.82, 2.24) is 4.90 Å². The van der Waals surface area contributed by atoms with Gasteiger partial charge >= 0.3 is 5.97 Å². The molecule has 0 saturated carbocycles. The van der Waals surface area contributed by atoms with Gasteiger partial charge in [-0.1, -0.05) is 35.9 Å². The Bertz CT molecular complexity index is 1340. The second kappa shape index (κ2) is 11.1. The first kappa shape index (κ1) is 25.0. The minimum atomic E-state index is -0.867. The zero-order chi connectivity index (χ0) is 25.7. The number of esters is 1. The van der Waals surface area contributed by atoms with E-state index in [0.717, 1.165) is 22.2 Å². The first-order valence-electron chi connectivity index (χ1n) is 11.0. The van der Waals surface area contributed by atoms with E-state index in [1.807, 2.05) is 31.2 Å². The Balaban J connectivity index is 1.43. The maximum absolute atomic E-state index is 13.9. The van der Waals surface area contributed by atoms with Gasteiger partial charge in [-0.25, -0.2) is 9.18 Å². The Labute approximate surface area is 211 Å². The van der Waals surface area contributed by atoms with E-state index in [1.54, 1.807) is 18.2 Å². The van der Waals surface area contributed by atoms with Gasteiger partial charge in [0, 0.05) is 0 Å². The van der Waals surface area contributed by atoms with E-state index in [2.05, 4.69) is 0 Å². The molecule has 1 aliphatic heterocycles. The van der Waals surface area contributed by atoms with E-state index in [4.69, 9.17) is 14.2 Å². The molecule has 2 amide bonds. The predicted molar refractivity (Wildman–Crippen MR) is 134 cm³/mol. The molecule has 184 valence electrons. The fraction of sp³-hybridized carbons (Fsp3) is 0.148. The Morgan fingerprint density at radius 2 is 1.78 bits per heavy atom. The van der Waals surface area contributed by atoms with E-state index in [1.165, 1.54) is 37.4 Å². The second-order valence-corrected chi connectivity index (χ2v) is 8.77. The van der Waals surface area contributed by atoms with E-state index in [-0.39, 0.29) is 40.4 Å². The number of halogens is 1. The van der Waals surface area contributed by atoms with E-state index >= 15 is 0 Å². The summed E-state index contributed by atoms with van der Waals surface area (Å²) in [5, 5.41) is -0.388. The monoisotopic (exact) mass is 507 g/mol. The van der Waals surface area contributed by atoms with Crippen LogP contribution in [0.15, 0.2) is 71.6 Å². The maximum atomic E-state index is 13.9. The minimum absolute atomic E-state index is 0.0873. The molecule has 7 nitrogen and oxygen atoms in total. The number of thioether (sulfide) groups is 1. The molecule has 0 radical (unpaired) electrons. The summed E-state index contributed by atoms with van der Waals surface area (Å²) in [6.45, 7) is 2.26. The Morgan fingerprint density at radius 1 is 1.03 bits per heavy atom. The molecule has 0 atom stereocenters. The van der Waals surface area contributed by atoms with E-state index in [0.29, 0.717) is 11.3 Å². The molecule has 36 heavy (non-hydrogen) atoms. The summed E-state index contributed by atoms with van der Waals surface area (Å²) in [5.74, 6) is -1.04. The lowest BCUT2D eigenvalue weighted by molar-refractivity contribution is -0.123. The highest BCUT2D eigenvalue weighted by atomic mass is 32.2. The zero-order valence-corrected chi connectivity index (χ0v) is 20.3. The van der Waals surface area contributed by atoms with Gasteiger partial charge in [0.2, 0.25) is 0 Å². The molecule has 0 spiro atoms. The zero-order valence-electron chi connectivity index (χ0n) is 19.5. The first-order chi connectivity index (χ1) is 17.4. The number of carbonyl (C=O) groups is 3. The van der Waals surface area contributed by atoms with Crippen LogP contribution in [0, 0.1) is 12.7 Å². The van der Waals surface area contributed by atoms with Gasteiger partial charge in [0.25, 0.3) is 11.1 Å². The van der Waals surface area contributed by atoms with E-state index < -0.39 is 17.7 Å². The molecule has 4 rings (SSSR count). The molecule has 0 N–H and O–H groups in total. The number of imide groups is 1. The standard InChI is InChI=1S/C27H22FNO6S/c1-17-7-10-19(11-8-17)34-14-13-29-25(30)24(36-27(29)32)16-18-9-12-22(23(15-18)33-2)35-26(31)20-5-3-4-6-21(20)28/h3-12,15-16H,13-14H2,1-2H3/b24-16-. The number of carbonyl (C=O) groups excluding carboxylic acids is 3. The Hall–Kier alpha value is -4.11. The summed E-state index contributed by atoms with van der Waals surface area (Å²) in [7, 11) is 1.39. The number of rotatable bonds is 8. The van der Waals surface area contributed by atoms with Crippen LogP contribution >= 0.6 is 11.8 Å². The molecule has 3 aromatic rings. The Kier molecular flexibility index (Phi) is 7.70. The Morgan fingerprint density at radius 3 is 2.50 bits per heavy atom. The highest BCUT2D eigenvalue weighted by molar-refractivity contribution is 8.18. The van der Waals surface area contributed by atoms with Gasteiger partial charge < -0.3 is 14.2 Å². The van der Waals surface area contributed by atoms with Crippen LogP contribution in [0.4, 0.5) is 9.18 Å².